The molecule has 0 aromatic carbocycles. The molecule has 3 nitrogen and oxygen atoms in total. The second-order valence-corrected chi connectivity index (χ2v) is 5.40. The van der Waals surface area contributed by atoms with Gasteiger partial charge in [-0.2, -0.15) is 0 Å². The third kappa shape index (κ3) is 2.31. The van der Waals surface area contributed by atoms with Crippen molar-refractivity contribution in [2.45, 2.75) is 12.8 Å². The Morgan fingerprint density at radius 3 is 3.18 bits per heavy atom. The largest absolute Gasteiger partial charge is 0.307 e. The van der Waals surface area contributed by atoms with Crippen LogP contribution in [0.25, 0.3) is 5.65 Å². The zero-order valence-corrected chi connectivity index (χ0v) is 10.7. The zero-order valence-electron chi connectivity index (χ0n) is 9.93. The summed E-state index contributed by atoms with van der Waals surface area (Å²) in [6.45, 7) is 2.40. The van der Waals surface area contributed by atoms with Gasteiger partial charge >= 0.3 is 0 Å². The summed E-state index contributed by atoms with van der Waals surface area (Å²) < 4.78 is 2.04. The number of aromatic nitrogens is 2. The van der Waals surface area contributed by atoms with Crippen LogP contribution in [0.4, 0.5) is 0 Å². The molecule has 90 valence electrons. The van der Waals surface area contributed by atoms with Gasteiger partial charge in [0.25, 0.3) is 0 Å². The van der Waals surface area contributed by atoms with Gasteiger partial charge in [-0.25, -0.2) is 4.98 Å². The van der Waals surface area contributed by atoms with Crippen LogP contribution >= 0.6 is 11.6 Å². The zero-order chi connectivity index (χ0) is 11.8. The molecule has 4 heteroatoms. The van der Waals surface area contributed by atoms with Gasteiger partial charge in [0.1, 0.15) is 5.65 Å². The summed E-state index contributed by atoms with van der Waals surface area (Å²) in [6, 6.07) is 3.80. The minimum Gasteiger partial charge on any atom is -0.307 e. The topological polar surface area (TPSA) is 20.5 Å². The fourth-order valence-electron chi connectivity index (χ4n) is 2.60. The minimum absolute atomic E-state index is 0.746. The minimum atomic E-state index is 0.746. The summed E-state index contributed by atoms with van der Waals surface area (Å²) in [5.41, 5.74) is 2.12. The van der Waals surface area contributed by atoms with Crippen molar-refractivity contribution in [3.05, 3.63) is 35.2 Å². The summed E-state index contributed by atoms with van der Waals surface area (Å²) in [5, 5.41) is 0.746. The molecular weight excluding hydrogens is 234 g/mol. The number of likely N-dealkylation sites (tertiary alicyclic amines) is 1. The molecule has 1 atom stereocenters. The highest BCUT2D eigenvalue weighted by Gasteiger charge is 2.20. The predicted octanol–water partition coefficient (Wildman–Crippen LogP) is 2.48. The first-order valence-electron chi connectivity index (χ1n) is 6.02. The van der Waals surface area contributed by atoms with Crippen molar-refractivity contribution in [1.82, 2.24) is 14.3 Å². The molecule has 2 aromatic heterocycles. The van der Waals surface area contributed by atoms with Gasteiger partial charge in [0.2, 0.25) is 0 Å². The number of hydrogen-bond donors (Lipinski definition) is 0. The molecule has 0 radical (unpaired) electrons. The van der Waals surface area contributed by atoms with E-state index in [2.05, 4.69) is 23.1 Å². The van der Waals surface area contributed by atoms with Crippen LogP contribution in [-0.4, -0.2) is 34.4 Å². The fourth-order valence-corrected chi connectivity index (χ4v) is 2.75. The SMILES string of the molecule is CN1CCC(Cc2cn3ccc(Cl)cc3n2)C1. The maximum atomic E-state index is 5.96. The monoisotopic (exact) mass is 249 g/mol. The first kappa shape index (κ1) is 11.1. The van der Waals surface area contributed by atoms with Gasteiger partial charge in [0.05, 0.1) is 5.69 Å². The first-order chi connectivity index (χ1) is 8.20. The smallest absolute Gasteiger partial charge is 0.138 e. The van der Waals surface area contributed by atoms with E-state index in [1.807, 2.05) is 22.7 Å². The summed E-state index contributed by atoms with van der Waals surface area (Å²) >= 11 is 5.96. The molecule has 17 heavy (non-hydrogen) atoms. The van der Waals surface area contributed by atoms with Gasteiger partial charge in [-0.05, 0) is 44.5 Å². The Bertz CT molecular complexity index is 534. The lowest BCUT2D eigenvalue weighted by atomic mass is 10.0. The third-order valence-corrected chi connectivity index (χ3v) is 3.69. The number of imidazole rings is 1. The molecule has 0 amide bonds. The van der Waals surface area contributed by atoms with Gasteiger partial charge in [-0.15, -0.1) is 0 Å². The number of hydrogen-bond acceptors (Lipinski definition) is 2. The van der Waals surface area contributed by atoms with Crippen LogP contribution in [0.3, 0.4) is 0 Å². The van der Waals surface area contributed by atoms with Crippen LogP contribution < -0.4 is 0 Å². The molecule has 1 fully saturated rings. The molecule has 1 aliphatic rings. The maximum Gasteiger partial charge on any atom is 0.138 e. The second-order valence-electron chi connectivity index (χ2n) is 4.96. The molecule has 1 aliphatic heterocycles. The lowest BCUT2D eigenvalue weighted by Crippen LogP contribution is -2.15. The number of nitrogens with zero attached hydrogens (tertiary/aromatic N) is 3. The van der Waals surface area contributed by atoms with E-state index < -0.39 is 0 Å². The highest BCUT2D eigenvalue weighted by Crippen LogP contribution is 2.20. The maximum absolute atomic E-state index is 5.96. The molecule has 3 heterocycles. The van der Waals surface area contributed by atoms with Crippen LogP contribution in [0.5, 0.6) is 0 Å². The highest BCUT2D eigenvalue weighted by atomic mass is 35.5. The molecule has 2 aromatic rings. The van der Waals surface area contributed by atoms with Crippen LogP contribution in [0.1, 0.15) is 12.1 Å². The van der Waals surface area contributed by atoms with Crippen molar-refractivity contribution < 1.29 is 0 Å². The number of halogens is 1. The van der Waals surface area contributed by atoms with E-state index in [-0.39, 0.29) is 0 Å². The Kier molecular flexibility index (Phi) is 2.81. The van der Waals surface area contributed by atoms with E-state index in [1.54, 1.807) is 0 Å². The molecule has 3 rings (SSSR count). The molecule has 1 saturated heterocycles. The van der Waals surface area contributed by atoms with E-state index in [9.17, 15) is 0 Å². The van der Waals surface area contributed by atoms with Crippen molar-refractivity contribution in [3.8, 4) is 0 Å². The van der Waals surface area contributed by atoms with Crippen molar-refractivity contribution >= 4 is 17.2 Å². The van der Waals surface area contributed by atoms with Crippen LogP contribution in [0.15, 0.2) is 24.5 Å². The van der Waals surface area contributed by atoms with Gasteiger partial charge in [-0.3, -0.25) is 0 Å². The normalized spacial score (nSPS) is 21.4. The second kappa shape index (κ2) is 4.31. The number of pyridine rings is 1. The number of fused-ring (bicyclic) bond motifs is 1. The van der Waals surface area contributed by atoms with E-state index >= 15 is 0 Å². The number of rotatable bonds is 2. The Labute approximate surface area is 106 Å². The van der Waals surface area contributed by atoms with E-state index in [0.29, 0.717) is 0 Å². The van der Waals surface area contributed by atoms with Gasteiger partial charge in [0, 0.05) is 24.0 Å². The lowest BCUT2D eigenvalue weighted by molar-refractivity contribution is 0.394. The van der Waals surface area contributed by atoms with Gasteiger partial charge in [-0.1, -0.05) is 11.6 Å². The van der Waals surface area contributed by atoms with Crippen molar-refractivity contribution in [2.75, 3.05) is 20.1 Å². The molecule has 0 spiro atoms. The average molecular weight is 250 g/mol. The van der Waals surface area contributed by atoms with Gasteiger partial charge in [0.15, 0.2) is 0 Å². The third-order valence-electron chi connectivity index (χ3n) is 3.46. The molecule has 1 unspecified atom stereocenters. The highest BCUT2D eigenvalue weighted by molar-refractivity contribution is 6.30. The summed E-state index contributed by atoms with van der Waals surface area (Å²) in [7, 11) is 2.18. The van der Waals surface area contributed by atoms with Gasteiger partial charge < -0.3 is 9.30 Å². The van der Waals surface area contributed by atoms with Crippen LogP contribution in [-0.2, 0) is 6.42 Å². The quantitative estimate of drug-likeness (QED) is 0.815. The molecule has 0 saturated carbocycles. The van der Waals surface area contributed by atoms with Crippen molar-refractivity contribution in [1.29, 1.82) is 0 Å². The molecule has 0 N–H and O–H groups in total. The van der Waals surface area contributed by atoms with E-state index in [0.717, 1.165) is 23.0 Å². The molecular formula is C13H16ClN3. The Morgan fingerprint density at radius 1 is 1.53 bits per heavy atom. The lowest BCUT2D eigenvalue weighted by Gasteiger charge is -2.07. The predicted molar refractivity (Wildman–Crippen MR) is 69.5 cm³/mol. The first-order valence-corrected chi connectivity index (χ1v) is 6.40. The molecule has 0 bridgehead atoms. The Balaban J connectivity index is 1.81. The molecule has 0 aliphatic carbocycles. The van der Waals surface area contributed by atoms with Crippen molar-refractivity contribution in [3.63, 3.8) is 0 Å². The summed E-state index contributed by atoms with van der Waals surface area (Å²) in [6.07, 6.45) is 6.44. The van der Waals surface area contributed by atoms with Crippen molar-refractivity contribution in [2.24, 2.45) is 5.92 Å². The summed E-state index contributed by atoms with van der Waals surface area (Å²) in [4.78, 5) is 7.01. The van der Waals surface area contributed by atoms with Crippen LogP contribution in [0.2, 0.25) is 5.02 Å². The van der Waals surface area contributed by atoms with Crippen LogP contribution in [0, 0.1) is 5.92 Å². The average Bonchev–Trinajstić information content (AvgIpc) is 2.84. The summed E-state index contributed by atoms with van der Waals surface area (Å²) in [5.74, 6) is 0.750. The van der Waals surface area contributed by atoms with E-state index in [4.69, 9.17) is 11.6 Å². The Morgan fingerprint density at radius 2 is 2.41 bits per heavy atom. The fraction of sp³-hybridized carbons (Fsp3) is 0.462. The Hall–Kier alpha value is -1.06. The standard InChI is InChI=1S/C13H16ClN3/c1-16-4-2-10(8-16)6-12-9-17-5-3-11(14)7-13(17)15-12/h3,5,7,9-10H,2,4,6,8H2,1H3. The van der Waals surface area contributed by atoms with E-state index in [1.165, 1.54) is 25.2 Å².